The molecule has 24 heavy (non-hydrogen) atoms. The largest absolute Gasteiger partial charge is 0.510 e. The van der Waals surface area contributed by atoms with E-state index in [2.05, 4.69) is 24.3 Å². The summed E-state index contributed by atoms with van der Waals surface area (Å²) in [5.74, 6) is -0.789. The van der Waals surface area contributed by atoms with Crippen molar-refractivity contribution in [3.8, 4) is 11.1 Å². The molecule has 0 saturated heterocycles. The van der Waals surface area contributed by atoms with Crippen LogP contribution in [0.15, 0.2) is 66.4 Å². The number of imide groups is 1. The lowest BCUT2D eigenvalue weighted by atomic mass is 10.0. The van der Waals surface area contributed by atoms with Crippen molar-refractivity contribution < 1.29 is 14.7 Å². The van der Waals surface area contributed by atoms with E-state index >= 15 is 0 Å². The molecule has 3 aliphatic rings. The maximum atomic E-state index is 11.5. The molecule has 1 heterocycles. The number of hydrogen-bond donors (Lipinski definition) is 1. The number of aliphatic hydroxyl groups is 1. The number of nitrogens with zero attached hydrogens (tertiary/aromatic N) is 1. The molecule has 1 aromatic carbocycles. The summed E-state index contributed by atoms with van der Waals surface area (Å²) in [4.78, 5) is 24.0. The lowest BCUT2D eigenvalue weighted by molar-refractivity contribution is -0.141. The van der Waals surface area contributed by atoms with Crippen molar-refractivity contribution in [3.63, 3.8) is 0 Å². The van der Waals surface area contributed by atoms with Gasteiger partial charge in [-0.15, -0.1) is 0 Å². The molecule has 2 aliphatic carbocycles. The van der Waals surface area contributed by atoms with Crippen LogP contribution < -0.4 is 0 Å². The standard InChI is InChI=1S/C14H15NO3.C6H4/c1-10(16)15-12(13(17)9-14(15)18)8-7-11-5-3-2-4-6-11;1-2-5-4-6(5)3-1/h2-6,9,12,17H,7-8H2,1H3;1-4H. The van der Waals surface area contributed by atoms with Gasteiger partial charge in [-0.05, 0) is 35.6 Å². The van der Waals surface area contributed by atoms with Gasteiger partial charge in [0.2, 0.25) is 5.91 Å². The molecule has 1 atom stereocenters. The van der Waals surface area contributed by atoms with Gasteiger partial charge in [-0.2, -0.15) is 0 Å². The molecule has 1 unspecified atom stereocenters. The average Bonchev–Trinajstić information content (AvgIpc) is 3.04. The maximum absolute atomic E-state index is 11.5. The van der Waals surface area contributed by atoms with Crippen LogP contribution in [0, 0.1) is 0 Å². The van der Waals surface area contributed by atoms with Crippen LogP contribution in [-0.2, 0) is 16.0 Å². The zero-order valence-corrected chi connectivity index (χ0v) is 13.5. The highest BCUT2D eigenvalue weighted by Gasteiger charge is 2.35. The van der Waals surface area contributed by atoms with Crippen molar-refractivity contribution in [3.05, 3.63) is 72.0 Å². The molecule has 1 aromatic rings. The van der Waals surface area contributed by atoms with Crippen LogP contribution in [0.1, 0.15) is 18.9 Å². The van der Waals surface area contributed by atoms with Crippen molar-refractivity contribution in [2.75, 3.05) is 0 Å². The van der Waals surface area contributed by atoms with Gasteiger partial charge in [-0.3, -0.25) is 14.5 Å². The zero-order valence-electron chi connectivity index (χ0n) is 13.5. The topological polar surface area (TPSA) is 57.6 Å². The second-order valence-electron chi connectivity index (χ2n) is 5.92. The number of rotatable bonds is 3. The summed E-state index contributed by atoms with van der Waals surface area (Å²) in [5.41, 5.74) is 3.97. The Morgan fingerprint density at radius 3 is 2.25 bits per heavy atom. The Bertz CT molecular complexity index is 778. The van der Waals surface area contributed by atoms with Crippen LogP contribution >= 0.6 is 0 Å². The van der Waals surface area contributed by atoms with E-state index in [0.717, 1.165) is 16.5 Å². The second kappa shape index (κ2) is 6.71. The number of aliphatic hydroxyl groups excluding tert-OH is 1. The van der Waals surface area contributed by atoms with Crippen LogP contribution in [0.5, 0.6) is 0 Å². The molecule has 0 radical (unpaired) electrons. The van der Waals surface area contributed by atoms with Gasteiger partial charge in [0.1, 0.15) is 5.76 Å². The van der Waals surface area contributed by atoms with E-state index in [-0.39, 0.29) is 11.7 Å². The number of carbonyl (C=O) groups excluding carboxylic acids is 2. The Morgan fingerprint density at radius 2 is 1.75 bits per heavy atom. The van der Waals surface area contributed by atoms with Crippen LogP contribution in [0.3, 0.4) is 0 Å². The van der Waals surface area contributed by atoms with E-state index < -0.39 is 11.9 Å². The summed E-state index contributed by atoms with van der Waals surface area (Å²) in [6, 6.07) is 17.7. The normalized spacial score (nSPS) is 17.0. The highest BCUT2D eigenvalue weighted by molar-refractivity contribution is 6.03. The monoisotopic (exact) mass is 321 g/mol. The minimum atomic E-state index is -0.518. The van der Waals surface area contributed by atoms with Gasteiger partial charge in [0, 0.05) is 13.0 Å². The molecule has 4 rings (SSSR count). The van der Waals surface area contributed by atoms with Crippen molar-refractivity contribution in [1.29, 1.82) is 0 Å². The van der Waals surface area contributed by atoms with Crippen molar-refractivity contribution in [2.45, 2.75) is 25.8 Å². The van der Waals surface area contributed by atoms with Crippen molar-refractivity contribution in [1.82, 2.24) is 4.90 Å². The Balaban J connectivity index is 0.000000231. The molecular formula is C20H19NO3. The number of amides is 2. The molecule has 2 amide bonds. The minimum Gasteiger partial charge on any atom is -0.510 e. The molecule has 0 saturated carbocycles. The van der Waals surface area contributed by atoms with E-state index in [1.807, 2.05) is 30.3 Å². The SMILES string of the molecule is CC(=O)N1C(=O)C=C(O)C1CCc1ccccc1.c1cc2cc-2c1. The average molecular weight is 321 g/mol. The van der Waals surface area contributed by atoms with Crippen LogP contribution in [0.2, 0.25) is 0 Å². The van der Waals surface area contributed by atoms with Crippen LogP contribution in [0.4, 0.5) is 0 Å². The number of carbonyl (C=O) groups is 2. The van der Waals surface area contributed by atoms with E-state index in [4.69, 9.17) is 0 Å². The quantitative estimate of drug-likeness (QED) is 0.803. The number of benzene rings is 2. The molecule has 0 spiro atoms. The summed E-state index contributed by atoms with van der Waals surface area (Å²) < 4.78 is 0. The molecule has 122 valence electrons. The fourth-order valence-corrected chi connectivity index (χ4v) is 2.85. The van der Waals surface area contributed by atoms with Gasteiger partial charge >= 0.3 is 0 Å². The first-order chi connectivity index (χ1) is 11.6. The summed E-state index contributed by atoms with van der Waals surface area (Å²) >= 11 is 0. The van der Waals surface area contributed by atoms with E-state index in [9.17, 15) is 14.7 Å². The predicted molar refractivity (Wildman–Crippen MR) is 92.2 cm³/mol. The second-order valence-corrected chi connectivity index (χ2v) is 5.92. The smallest absolute Gasteiger partial charge is 0.257 e. The highest BCUT2D eigenvalue weighted by Crippen LogP contribution is 2.32. The molecule has 0 fully saturated rings. The Labute approximate surface area is 141 Å². The molecule has 1 N–H and O–H groups in total. The zero-order chi connectivity index (χ0) is 17.1. The van der Waals surface area contributed by atoms with Gasteiger partial charge in [-0.25, -0.2) is 0 Å². The third-order valence-electron chi connectivity index (χ3n) is 4.16. The van der Waals surface area contributed by atoms with Crippen molar-refractivity contribution in [2.24, 2.45) is 0 Å². The third kappa shape index (κ3) is 3.54. The number of hydrogen-bond acceptors (Lipinski definition) is 3. The Kier molecular flexibility index (Phi) is 4.47. The predicted octanol–water partition coefficient (Wildman–Crippen LogP) is 3.49. The molecular weight excluding hydrogens is 302 g/mol. The first kappa shape index (κ1) is 16.0. The summed E-state index contributed by atoms with van der Waals surface area (Å²) in [6.07, 6.45) is 2.37. The summed E-state index contributed by atoms with van der Waals surface area (Å²) in [5, 5.41) is 9.70. The molecule has 1 aliphatic heterocycles. The number of aryl methyl sites for hydroxylation is 1. The first-order valence-electron chi connectivity index (χ1n) is 7.95. The molecule has 0 aromatic heterocycles. The van der Waals surface area contributed by atoms with E-state index in [1.165, 1.54) is 18.1 Å². The van der Waals surface area contributed by atoms with Crippen LogP contribution in [0.25, 0.3) is 11.1 Å². The van der Waals surface area contributed by atoms with Crippen LogP contribution in [-0.4, -0.2) is 27.9 Å². The fraction of sp³-hybridized carbons (Fsp3) is 0.200. The molecule has 4 heteroatoms. The van der Waals surface area contributed by atoms with Gasteiger partial charge in [-0.1, -0.05) is 48.5 Å². The first-order valence-corrected chi connectivity index (χ1v) is 7.95. The Hall–Kier alpha value is -2.88. The Morgan fingerprint density at radius 1 is 1.08 bits per heavy atom. The third-order valence-corrected chi connectivity index (χ3v) is 4.16. The summed E-state index contributed by atoms with van der Waals surface area (Å²) in [6.45, 7) is 1.33. The fourth-order valence-electron chi connectivity index (χ4n) is 2.85. The van der Waals surface area contributed by atoms with E-state index in [0.29, 0.717) is 12.8 Å². The lowest BCUT2D eigenvalue weighted by Gasteiger charge is -2.22. The molecule has 0 bridgehead atoms. The van der Waals surface area contributed by atoms with Gasteiger partial charge in [0.05, 0.1) is 6.04 Å². The van der Waals surface area contributed by atoms with Gasteiger partial charge in [0.25, 0.3) is 5.91 Å². The van der Waals surface area contributed by atoms with Crippen molar-refractivity contribution >= 4 is 11.8 Å². The number of fused-ring (bicyclic) bond motifs is 1. The van der Waals surface area contributed by atoms with Gasteiger partial charge in [0.15, 0.2) is 0 Å². The highest BCUT2D eigenvalue weighted by atomic mass is 16.3. The molecule has 4 nitrogen and oxygen atoms in total. The van der Waals surface area contributed by atoms with E-state index in [1.54, 1.807) is 0 Å². The summed E-state index contributed by atoms with van der Waals surface area (Å²) in [7, 11) is 0. The lowest BCUT2D eigenvalue weighted by Crippen LogP contribution is -2.39. The minimum absolute atomic E-state index is 0.0221. The maximum Gasteiger partial charge on any atom is 0.257 e. The van der Waals surface area contributed by atoms with Gasteiger partial charge < -0.3 is 5.11 Å².